The summed E-state index contributed by atoms with van der Waals surface area (Å²) in [5.74, 6) is 0.578. The summed E-state index contributed by atoms with van der Waals surface area (Å²) < 4.78 is 0. The largest absolute Gasteiger partial charge is 1.00 e. The normalized spacial score (nSPS) is 17.5. The predicted octanol–water partition coefficient (Wildman–Crippen LogP) is -6.73. The fourth-order valence-electron chi connectivity index (χ4n) is 1.19. The maximum Gasteiger partial charge on any atom is 0.0938 e. The van der Waals surface area contributed by atoms with Crippen molar-refractivity contribution in [3.8, 4) is 0 Å². The standard InChI is InChI=1S/C8H14O.3ClH.Sn/c1-8(2)6-4-3-5-7(8)9;;;;/h5,9H,3-4,6H2,1-2H3;3*1H;/p-3. The summed E-state index contributed by atoms with van der Waals surface area (Å²) in [6, 6.07) is 0. The van der Waals surface area contributed by atoms with Crippen LogP contribution in [0, 0.1) is 5.41 Å². The van der Waals surface area contributed by atoms with Gasteiger partial charge in [-0.05, 0) is 25.3 Å². The monoisotopic (exact) mass is 351 g/mol. The minimum atomic E-state index is 0. The van der Waals surface area contributed by atoms with Crippen LogP contribution >= 0.6 is 0 Å². The van der Waals surface area contributed by atoms with Crippen molar-refractivity contribution in [1.82, 2.24) is 0 Å². The van der Waals surface area contributed by atoms with Gasteiger partial charge in [0.2, 0.25) is 0 Å². The number of hydrogen-bond donors (Lipinski definition) is 1. The third kappa shape index (κ3) is 7.17. The van der Waals surface area contributed by atoms with Crippen LogP contribution in [0.1, 0.15) is 33.1 Å². The van der Waals surface area contributed by atoms with Gasteiger partial charge in [0.1, 0.15) is 0 Å². The van der Waals surface area contributed by atoms with Crippen LogP contribution in [0.3, 0.4) is 0 Å². The second-order valence-electron chi connectivity index (χ2n) is 3.37. The summed E-state index contributed by atoms with van der Waals surface area (Å²) in [4.78, 5) is 0. The molecule has 0 aliphatic heterocycles. The van der Waals surface area contributed by atoms with E-state index >= 15 is 0 Å². The van der Waals surface area contributed by atoms with Crippen LogP contribution in [0.25, 0.3) is 0 Å². The number of halogens is 3. The molecule has 1 nitrogen and oxygen atoms in total. The summed E-state index contributed by atoms with van der Waals surface area (Å²) in [5.41, 5.74) is 0.0538. The molecule has 1 aliphatic carbocycles. The molecule has 0 spiro atoms. The average molecular weight is 351 g/mol. The van der Waals surface area contributed by atoms with Crippen molar-refractivity contribution < 1.29 is 42.3 Å². The minimum absolute atomic E-state index is 0. The zero-order valence-corrected chi connectivity index (χ0v) is 12.9. The van der Waals surface area contributed by atoms with E-state index < -0.39 is 0 Å². The molecule has 0 bridgehead atoms. The van der Waals surface area contributed by atoms with Crippen molar-refractivity contribution in [1.29, 1.82) is 0 Å². The Morgan fingerprint density at radius 2 is 1.69 bits per heavy atom. The SMILES string of the molecule is CC1(C)CCCC=C1O.[Cl-].[Cl-].[Cl-].[Sn]. The topological polar surface area (TPSA) is 20.2 Å². The Kier molecular flexibility index (Phi) is 17.8. The second kappa shape index (κ2) is 9.75. The molecule has 0 aromatic heterocycles. The first-order valence-corrected chi connectivity index (χ1v) is 3.52. The first-order valence-electron chi connectivity index (χ1n) is 3.52. The van der Waals surface area contributed by atoms with Gasteiger partial charge in [-0.25, -0.2) is 0 Å². The van der Waals surface area contributed by atoms with E-state index in [1.165, 1.54) is 6.42 Å². The van der Waals surface area contributed by atoms with Crippen LogP contribution in [-0.4, -0.2) is 29.0 Å². The Morgan fingerprint density at radius 1 is 1.23 bits per heavy atom. The molecule has 1 N–H and O–H groups in total. The van der Waals surface area contributed by atoms with Crippen LogP contribution < -0.4 is 37.2 Å². The smallest absolute Gasteiger partial charge is 0.0938 e. The van der Waals surface area contributed by atoms with E-state index in [1.54, 1.807) is 0 Å². The molecule has 0 aromatic carbocycles. The van der Waals surface area contributed by atoms with Gasteiger partial charge in [-0.1, -0.05) is 13.8 Å². The maximum absolute atomic E-state index is 9.30. The van der Waals surface area contributed by atoms with Gasteiger partial charge < -0.3 is 42.3 Å². The summed E-state index contributed by atoms with van der Waals surface area (Å²) in [5, 5.41) is 9.30. The molecule has 80 valence electrons. The van der Waals surface area contributed by atoms with Crippen LogP contribution in [0.2, 0.25) is 0 Å². The third-order valence-electron chi connectivity index (χ3n) is 2.04. The van der Waals surface area contributed by atoms with Crippen molar-refractivity contribution in [2.75, 3.05) is 0 Å². The van der Waals surface area contributed by atoms with E-state index in [1.807, 2.05) is 6.08 Å². The molecule has 13 heavy (non-hydrogen) atoms. The molecule has 0 saturated carbocycles. The first-order chi connectivity index (χ1) is 4.13. The molecule has 0 aromatic rings. The van der Waals surface area contributed by atoms with Crippen LogP contribution in [0.15, 0.2) is 11.8 Å². The van der Waals surface area contributed by atoms with Crippen LogP contribution in [0.4, 0.5) is 0 Å². The van der Waals surface area contributed by atoms with Crippen LogP contribution in [0.5, 0.6) is 0 Å². The van der Waals surface area contributed by atoms with E-state index in [2.05, 4.69) is 13.8 Å². The van der Waals surface area contributed by atoms with Crippen molar-refractivity contribution in [3.05, 3.63) is 11.8 Å². The van der Waals surface area contributed by atoms with Gasteiger partial charge in [0, 0.05) is 29.3 Å². The molecule has 0 amide bonds. The Bertz CT molecular complexity index is 148. The van der Waals surface area contributed by atoms with Crippen molar-refractivity contribution in [2.24, 2.45) is 5.41 Å². The second-order valence-corrected chi connectivity index (χ2v) is 3.37. The molecule has 0 heterocycles. The summed E-state index contributed by atoms with van der Waals surface area (Å²) in [6.07, 6.45) is 5.32. The van der Waals surface area contributed by atoms with Crippen molar-refractivity contribution in [3.63, 3.8) is 0 Å². The Balaban J connectivity index is -0.000000101. The van der Waals surface area contributed by atoms with Gasteiger partial charge in [0.15, 0.2) is 0 Å². The van der Waals surface area contributed by atoms with E-state index in [9.17, 15) is 5.11 Å². The molecular formula is C8H14Cl3OSn-3. The number of aliphatic hydroxyl groups is 1. The van der Waals surface area contributed by atoms with E-state index in [-0.39, 0.29) is 66.5 Å². The summed E-state index contributed by atoms with van der Waals surface area (Å²) in [7, 11) is 0. The predicted molar refractivity (Wildman–Crippen MR) is 44.1 cm³/mol. The molecular weight excluding hydrogens is 337 g/mol. The van der Waals surface area contributed by atoms with Gasteiger partial charge in [-0.2, -0.15) is 0 Å². The Hall–Kier alpha value is 1.21. The van der Waals surface area contributed by atoms with Crippen LogP contribution in [-0.2, 0) is 0 Å². The first kappa shape index (κ1) is 23.8. The molecule has 4 radical (unpaired) electrons. The van der Waals surface area contributed by atoms with Gasteiger partial charge in [0.25, 0.3) is 0 Å². The molecule has 0 saturated heterocycles. The number of aliphatic hydroxyl groups excluding tert-OH is 1. The van der Waals surface area contributed by atoms with Gasteiger partial charge in [-0.3, -0.25) is 0 Å². The minimum Gasteiger partial charge on any atom is -1.00 e. The van der Waals surface area contributed by atoms with Gasteiger partial charge in [0.05, 0.1) is 5.76 Å². The van der Waals surface area contributed by atoms with Crippen molar-refractivity contribution >= 4 is 23.9 Å². The molecule has 0 fully saturated rings. The fourth-order valence-corrected chi connectivity index (χ4v) is 1.19. The van der Waals surface area contributed by atoms with E-state index in [0.717, 1.165) is 12.8 Å². The maximum atomic E-state index is 9.30. The quantitative estimate of drug-likeness (QED) is 0.431. The van der Waals surface area contributed by atoms with E-state index in [4.69, 9.17) is 0 Å². The fraction of sp³-hybridized carbons (Fsp3) is 0.750. The molecule has 0 atom stereocenters. The molecule has 1 rings (SSSR count). The third-order valence-corrected chi connectivity index (χ3v) is 2.04. The Labute approximate surface area is 116 Å². The van der Waals surface area contributed by atoms with E-state index in [0.29, 0.717) is 5.76 Å². The number of allylic oxidation sites excluding steroid dienone is 2. The van der Waals surface area contributed by atoms with Gasteiger partial charge in [-0.15, -0.1) is 0 Å². The zero-order chi connectivity index (χ0) is 6.91. The number of rotatable bonds is 0. The summed E-state index contributed by atoms with van der Waals surface area (Å²) in [6.45, 7) is 4.16. The number of hydrogen-bond acceptors (Lipinski definition) is 1. The average Bonchev–Trinajstić information content (AvgIpc) is 1.77. The van der Waals surface area contributed by atoms with Gasteiger partial charge >= 0.3 is 0 Å². The summed E-state index contributed by atoms with van der Waals surface area (Å²) >= 11 is 0. The molecule has 1 aliphatic rings. The van der Waals surface area contributed by atoms with Crippen molar-refractivity contribution in [2.45, 2.75) is 33.1 Å². The molecule has 5 heteroatoms. The zero-order valence-electron chi connectivity index (χ0n) is 7.78. The Morgan fingerprint density at radius 3 is 1.92 bits per heavy atom. The molecule has 0 unspecified atom stereocenters.